The van der Waals surface area contributed by atoms with Crippen LogP contribution in [-0.4, -0.2) is 0 Å². The third-order valence-electron chi connectivity index (χ3n) is 13.9. The summed E-state index contributed by atoms with van der Waals surface area (Å²) in [6, 6.07) is 0. The molecule has 326 valence electrons. The molecule has 0 heteroatoms. The highest BCUT2D eigenvalue weighted by molar-refractivity contribution is 4.70. The molecule has 0 heterocycles. The van der Waals surface area contributed by atoms with Crippen molar-refractivity contribution in [1.82, 2.24) is 0 Å². The van der Waals surface area contributed by atoms with Crippen molar-refractivity contribution in [3.8, 4) is 0 Å². The maximum atomic E-state index is 2.56. The van der Waals surface area contributed by atoms with Gasteiger partial charge in [0.1, 0.15) is 0 Å². The quantitative estimate of drug-likeness (QED) is 0.0543. The zero-order chi connectivity index (χ0) is 39.9. The first-order valence-corrected chi connectivity index (χ1v) is 26.1. The van der Waals surface area contributed by atoms with E-state index in [1.54, 1.807) is 0 Å². The highest BCUT2D eigenvalue weighted by Gasteiger charge is 2.18. The Morgan fingerprint density at radius 3 is 0.796 bits per heavy atom. The second-order valence-electron chi connectivity index (χ2n) is 20.7. The Morgan fingerprint density at radius 1 is 0.241 bits per heavy atom. The fourth-order valence-corrected chi connectivity index (χ4v) is 9.26. The summed E-state index contributed by atoms with van der Waals surface area (Å²) in [4.78, 5) is 0. The van der Waals surface area contributed by atoms with E-state index in [9.17, 15) is 0 Å². The first-order chi connectivity index (χ1) is 26.1. The standard InChI is InChI=1S/C54H110/c1-10-50(6)40-34-28-23-24-29-35-41-51(7)42-36-30-25-26-31-37-43-52(8)45-46-54(49(4)5)47-53(9)44-38-32-22-20-18-16-14-12-11-13-15-17-19-21-27-33-39-48(2)3/h48-54H,10-47H2,1-9H3/t50?,51?,52?,53?,54-/m1/s1. The van der Waals surface area contributed by atoms with Gasteiger partial charge in [0, 0.05) is 0 Å². The summed E-state index contributed by atoms with van der Waals surface area (Å²) in [6.07, 6.45) is 55.8. The van der Waals surface area contributed by atoms with Crippen molar-refractivity contribution in [2.45, 2.75) is 306 Å². The van der Waals surface area contributed by atoms with Gasteiger partial charge < -0.3 is 0 Å². The zero-order valence-corrected chi connectivity index (χ0v) is 39.9. The van der Waals surface area contributed by atoms with Crippen molar-refractivity contribution in [1.29, 1.82) is 0 Å². The third-order valence-corrected chi connectivity index (χ3v) is 13.9. The fraction of sp³-hybridized carbons (Fsp3) is 1.00. The van der Waals surface area contributed by atoms with Gasteiger partial charge in [0.15, 0.2) is 0 Å². The molecule has 0 fully saturated rings. The Morgan fingerprint density at radius 2 is 0.500 bits per heavy atom. The minimum absolute atomic E-state index is 0.848. The molecule has 0 amide bonds. The molecule has 0 aromatic carbocycles. The van der Waals surface area contributed by atoms with Gasteiger partial charge in [0.05, 0.1) is 0 Å². The second kappa shape index (κ2) is 41.2. The van der Waals surface area contributed by atoms with E-state index in [1.165, 1.54) is 244 Å². The monoisotopic (exact) mass is 759 g/mol. The van der Waals surface area contributed by atoms with Gasteiger partial charge in [-0.1, -0.05) is 293 Å². The number of rotatable bonds is 44. The first-order valence-electron chi connectivity index (χ1n) is 26.1. The smallest absolute Gasteiger partial charge is 0.0388 e. The van der Waals surface area contributed by atoms with Gasteiger partial charge >= 0.3 is 0 Å². The molecule has 0 spiro atoms. The van der Waals surface area contributed by atoms with Crippen LogP contribution in [-0.2, 0) is 0 Å². The van der Waals surface area contributed by atoms with Crippen LogP contribution in [0.4, 0.5) is 0 Å². The van der Waals surface area contributed by atoms with E-state index in [-0.39, 0.29) is 0 Å². The fourth-order valence-electron chi connectivity index (χ4n) is 9.26. The van der Waals surface area contributed by atoms with E-state index in [0.29, 0.717) is 0 Å². The van der Waals surface area contributed by atoms with Gasteiger partial charge in [-0.3, -0.25) is 0 Å². The van der Waals surface area contributed by atoms with E-state index in [4.69, 9.17) is 0 Å². The molecule has 54 heavy (non-hydrogen) atoms. The van der Waals surface area contributed by atoms with E-state index in [1.807, 2.05) is 0 Å². The average molecular weight is 759 g/mol. The lowest BCUT2D eigenvalue weighted by atomic mass is 9.80. The van der Waals surface area contributed by atoms with Crippen LogP contribution in [0.2, 0.25) is 0 Å². The van der Waals surface area contributed by atoms with Gasteiger partial charge in [0.2, 0.25) is 0 Å². The van der Waals surface area contributed by atoms with Crippen LogP contribution in [0.25, 0.3) is 0 Å². The van der Waals surface area contributed by atoms with Crippen LogP contribution in [0.1, 0.15) is 306 Å². The van der Waals surface area contributed by atoms with Crippen molar-refractivity contribution in [2.75, 3.05) is 0 Å². The molecule has 0 aliphatic rings. The molecule has 0 bridgehead atoms. The highest BCUT2D eigenvalue weighted by atomic mass is 14.2. The van der Waals surface area contributed by atoms with Crippen molar-refractivity contribution >= 4 is 0 Å². The van der Waals surface area contributed by atoms with Crippen molar-refractivity contribution in [3.05, 3.63) is 0 Å². The summed E-state index contributed by atoms with van der Waals surface area (Å²) < 4.78 is 0. The Hall–Kier alpha value is 0. The van der Waals surface area contributed by atoms with Crippen LogP contribution in [0.3, 0.4) is 0 Å². The molecular weight excluding hydrogens is 649 g/mol. The molecule has 0 N–H and O–H groups in total. The number of hydrogen-bond acceptors (Lipinski definition) is 0. The Balaban J connectivity index is 3.62. The summed E-state index contributed by atoms with van der Waals surface area (Å²) >= 11 is 0. The molecule has 4 unspecified atom stereocenters. The topological polar surface area (TPSA) is 0 Å². The summed E-state index contributed by atoms with van der Waals surface area (Å²) in [5.41, 5.74) is 0. The molecule has 0 radical (unpaired) electrons. The minimum atomic E-state index is 0.848. The van der Waals surface area contributed by atoms with E-state index < -0.39 is 0 Å². The summed E-state index contributed by atoms with van der Waals surface area (Å²) in [7, 11) is 0. The molecule has 0 aromatic rings. The zero-order valence-electron chi connectivity index (χ0n) is 39.9. The van der Waals surface area contributed by atoms with Gasteiger partial charge in [0.25, 0.3) is 0 Å². The summed E-state index contributed by atoms with van der Waals surface area (Å²) in [6.45, 7) is 22.1. The maximum absolute atomic E-state index is 2.56. The van der Waals surface area contributed by atoms with Crippen molar-refractivity contribution in [3.63, 3.8) is 0 Å². The first kappa shape index (κ1) is 54.0. The van der Waals surface area contributed by atoms with Gasteiger partial charge in [-0.15, -0.1) is 0 Å². The minimum Gasteiger partial charge on any atom is -0.0651 e. The van der Waals surface area contributed by atoms with E-state index >= 15 is 0 Å². The highest BCUT2D eigenvalue weighted by Crippen LogP contribution is 2.30. The van der Waals surface area contributed by atoms with Crippen molar-refractivity contribution < 1.29 is 0 Å². The van der Waals surface area contributed by atoms with Crippen LogP contribution in [0, 0.1) is 41.4 Å². The lowest BCUT2D eigenvalue weighted by molar-refractivity contribution is 0.257. The van der Waals surface area contributed by atoms with Crippen LogP contribution < -0.4 is 0 Å². The normalized spacial score (nSPS) is 14.9. The van der Waals surface area contributed by atoms with Crippen LogP contribution in [0.15, 0.2) is 0 Å². The molecule has 0 rings (SSSR count). The van der Waals surface area contributed by atoms with E-state index in [2.05, 4.69) is 62.3 Å². The molecule has 0 nitrogen and oxygen atoms in total. The molecule has 0 saturated carbocycles. The second-order valence-corrected chi connectivity index (χ2v) is 20.7. The lowest BCUT2D eigenvalue weighted by Crippen LogP contribution is -2.14. The van der Waals surface area contributed by atoms with Gasteiger partial charge in [-0.05, 0) is 54.3 Å². The average Bonchev–Trinajstić information content (AvgIpc) is 3.14. The van der Waals surface area contributed by atoms with Crippen LogP contribution in [0.5, 0.6) is 0 Å². The molecule has 0 aromatic heterocycles. The maximum Gasteiger partial charge on any atom is -0.0388 e. The molecule has 5 atom stereocenters. The summed E-state index contributed by atoms with van der Waals surface area (Å²) in [5.74, 6) is 6.41. The number of hydrogen-bond donors (Lipinski definition) is 0. The Labute approximate surface area is 346 Å². The molecule has 0 saturated heterocycles. The van der Waals surface area contributed by atoms with Gasteiger partial charge in [-0.25, -0.2) is 0 Å². The van der Waals surface area contributed by atoms with Crippen molar-refractivity contribution in [2.24, 2.45) is 41.4 Å². The van der Waals surface area contributed by atoms with Crippen LogP contribution >= 0.6 is 0 Å². The molecule has 0 aliphatic heterocycles. The van der Waals surface area contributed by atoms with E-state index in [0.717, 1.165) is 41.4 Å². The molecule has 0 aliphatic carbocycles. The lowest BCUT2D eigenvalue weighted by Gasteiger charge is -2.26. The third kappa shape index (κ3) is 40.2. The Bertz CT molecular complexity index is 690. The SMILES string of the molecule is CCC(C)CCCCCCCCC(C)CCCCCCCCC(C)CC[C@H](CC(C)CCCCCCCCCCCCCCCCCCC(C)C)C(C)C. The Kier molecular flexibility index (Phi) is 41.2. The predicted octanol–water partition coefficient (Wildman–Crippen LogP) is 20.3. The largest absolute Gasteiger partial charge is 0.0651 e. The van der Waals surface area contributed by atoms with Gasteiger partial charge in [-0.2, -0.15) is 0 Å². The predicted molar refractivity (Wildman–Crippen MR) is 251 cm³/mol. The molecular formula is C54H110. The summed E-state index contributed by atoms with van der Waals surface area (Å²) in [5, 5.41) is 0. The number of unbranched alkanes of at least 4 members (excludes halogenated alkanes) is 25.